The van der Waals surface area contributed by atoms with Crippen molar-refractivity contribution in [2.24, 2.45) is 0 Å². The van der Waals surface area contributed by atoms with E-state index < -0.39 is 0 Å². The van der Waals surface area contributed by atoms with Crippen molar-refractivity contribution in [2.45, 2.75) is 48.4 Å². The SMILES string of the molecule is CN1[C@H]2CC[C@H]1CC(=C1c3ccccc3CSc3ccccc31)C2. The van der Waals surface area contributed by atoms with E-state index in [1.165, 1.54) is 47.3 Å². The van der Waals surface area contributed by atoms with Gasteiger partial charge in [0.15, 0.2) is 0 Å². The molecule has 2 fully saturated rings. The minimum Gasteiger partial charge on any atom is -0.300 e. The second-order valence-electron chi connectivity index (χ2n) is 7.38. The highest BCUT2D eigenvalue weighted by Gasteiger charge is 2.37. The molecule has 2 aromatic carbocycles. The number of nitrogens with zero attached hydrogens (tertiary/aromatic N) is 1. The molecule has 3 aliphatic rings. The molecule has 0 saturated carbocycles. The first kappa shape index (κ1) is 14.8. The van der Waals surface area contributed by atoms with Crippen molar-refractivity contribution in [1.82, 2.24) is 4.90 Å². The third-order valence-electron chi connectivity index (χ3n) is 6.13. The van der Waals surface area contributed by atoms with E-state index in [0.717, 1.165) is 17.8 Å². The van der Waals surface area contributed by atoms with Crippen molar-refractivity contribution in [1.29, 1.82) is 0 Å². The van der Waals surface area contributed by atoms with Crippen LogP contribution in [-0.2, 0) is 5.75 Å². The average Bonchev–Trinajstić information content (AvgIpc) is 2.81. The molecule has 0 amide bonds. The molecule has 0 spiro atoms. The van der Waals surface area contributed by atoms with Gasteiger partial charge in [0.2, 0.25) is 0 Å². The first-order valence-electron chi connectivity index (χ1n) is 9.05. The van der Waals surface area contributed by atoms with Crippen LogP contribution in [-0.4, -0.2) is 24.0 Å². The molecule has 3 aliphatic heterocycles. The molecule has 2 atom stereocenters. The molecule has 0 aromatic heterocycles. The molecule has 0 aliphatic carbocycles. The molecular formula is C22H23NS. The predicted molar refractivity (Wildman–Crippen MR) is 102 cm³/mol. The van der Waals surface area contributed by atoms with Crippen LogP contribution in [0.25, 0.3) is 5.57 Å². The lowest BCUT2D eigenvalue weighted by Gasteiger charge is -2.34. The molecule has 2 aromatic rings. The monoisotopic (exact) mass is 333 g/mol. The first-order valence-corrected chi connectivity index (χ1v) is 10.0. The summed E-state index contributed by atoms with van der Waals surface area (Å²) in [7, 11) is 2.33. The lowest BCUT2D eigenvalue weighted by atomic mass is 9.84. The van der Waals surface area contributed by atoms with Gasteiger partial charge in [0.05, 0.1) is 0 Å². The number of hydrogen-bond acceptors (Lipinski definition) is 2. The Morgan fingerprint density at radius 1 is 0.875 bits per heavy atom. The molecular weight excluding hydrogens is 310 g/mol. The fourth-order valence-corrected chi connectivity index (χ4v) is 5.87. The van der Waals surface area contributed by atoms with Gasteiger partial charge in [-0.2, -0.15) is 0 Å². The Kier molecular flexibility index (Phi) is 3.57. The third kappa shape index (κ3) is 2.28. The van der Waals surface area contributed by atoms with Crippen molar-refractivity contribution in [3.8, 4) is 0 Å². The Labute approximate surface area is 148 Å². The minimum absolute atomic E-state index is 0.751. The maximum absolute atomic E-state index is 2.63. The van der Waals surface area contributed by atoms with Crippen molar-refractivity contribution >= 4 is 17.3 Å². The van der Waals surface area contributed by atoms with Crippen LogP contribution in [0.5, 0.6) is 0 Å². The van der Waals surface area contributed by atoms with Crippen molar-refractivity contribution in [3.05, 3.63) is 70.8 Å². The fourth-order valence-electron chi connectivity index (χ4n) is 4.81. The van der Waals surface area contributed by atoms with Crippen LogP contribution in [0.15, 0.2) is 59.0 Å². The van der Waals surface area contributed by atoms with Crippen LogP contribution in [0.1, 0.15) is 42.4 Å². The summed E-state index contributed by atoms with van der Waals surface area (Å²) in [6.07, 6.45) is 5.23. The highest BCUT2D eigenvalue weighted by molar-refractivity contribution is 7.98. The van der Waals surface area contributed by atoms with Gasteiger partial charge in [0.1, 0.15) is 0 Å². The molecule has 2 saturated heterocycles. The van der Waals surface area contributed by atoms with Crippen molar-refractivity contribution in [3.63, 3.8) is 0 Å². The first-order chi connectivity index (χ1) is 11.8. The summed E-state index contributed by atoms with van der Waals surface area (Å²) in [4.78, 5) is 4.08. The summed E-state index contributed by atoms with van der Waals surface area (Å²) in [5.41, 5.74) is 7.69. The van der Waals surface area contributed by atoms with Gasteiger partial charge < -0.3 is 0 Å². The zero-order chi connectivity index (χ0) is 16.1. The average molecular weight is 334 g/mol. The third-order valence-corrected chi connectivity index (χ3v) is 7.25. The lowest BCUT2D eigenvalue weighted by molar-refractivity contribution is 0.210. The number of rotatable bonds is 0. The molecule has 3 heterocycles. The second kappa shape index (κ2) is 5.79. The Bertz CT molecular complexity index is 757. The van der Waals surface area contributed by atoms with Crippen LogP contribution >= 0.6 is 11.8 Å². The summed E-state index contributed by atoms with van der Waals surface area (Å²) in [6.45, 7) is 0. The van der Waals surface area contributed by atoms with E-state index in [1.54, 1.807) is 11.1 Å². The Morgan fingerprint density at radius 2 is 1.54 bits per heavy atom. The van der Waals surface area contributed by atoms with E-state index in [-0.39, 0.29) is 0 Å². The van der Waals surface area contributed by atoms with Gasteiger partial charge in [-0.15, -0.1) is 11.8 Å². The normalized spacial score (nSPS) is 26.0. The number of fused-ring (bicyclic) bond motifs is 4. The quantitative estimate of drug-likeness (QED) is 0.639. The van der Waals surface area contributed by atoms with E-state index in [4.69, 9.17) is 0 Å². The Balaban J connectivity index is 1.74. The van der Waals surface area contributed by atoms with Crippen molar-refractivity contribution in [2.75, 3.05) is 7.05 Å². The smallest absolute Gasteiger partial charge is 0.0238 e. The minimum atomic E-state index is 0.751. The summed E-state index contributed by atoms with van der Waals surface area (Å²) < 4.78 is 0. The fraction of sp³-hybridized carbons (Fsp3) is 0.364. The topological polar surface area (TPSA) is 3.24 Å². The van der Waals surface area contributed by atoms with Crippen LogP contribution < -0.4 is 0 Å². The maximum atomic E-state index is 2.63. The molecule has 0 radical (unpaired) electrons. The van der Waals surface area contributed by atoms with Gasteiger partial charge >= 0.3 is 0 Å². The van der Waals surface area contributed by atoms with E-state index >= 15 is 0 Å². The number of thioether (sulfide) groups is 1. The lowest BCUT2D eigenvalue weighted by Crippen LogP contribution is -2.37. The number of piperidine rings is 1. The van der Waals surface area contributed by atoms with Gasteiger partial charge in [0.25, 0.3) is 0 Å². The molecule has 2 heteroatoms. The van der Waals surface area contributed by atoms with Gasteiger partial charge in [-0.3, -0.25) is 4.90 Å². The highest BCUT2D eigenvalue weighted by atomic mass is 32.2. The zero-order valence-electron chi connectivity index (χ0n) is 14.2. The molecule has 0 unspecified atom stereocenters. The van der Waals surface area contributed by atoms with Gasteiger partial charge in [0, 0.05) is 22.7 Å². The molecule has 0 N–H and O–H groups in total. The second-order valence-corrected chi connectivity index (χ2v) is 8.40. The summed E-state index contributed by atoms with van der Waals surface area (Å²) in [5.74, 6) is 1.08. The van der Waals surface area contributed by atoms with Gasteiger partial charge in [-0.05, 0) is 61.1 Å². The van der Waals surface area contributed by atoms with E-state index in [1.807, 2.05) is 11.8 Å². The van der Waals surface area contributed by atoms with Crippen LogP contribution in [0.2, 0.25) is 0 Å². The standard InChI is InChI=1S/C22H23NS/c1-23-17-10-11-18(23)13-16(12-17)22-19-7-3-2-6-15(19)14-24-21-9-5-4-8-20(21)22/h2-9,17-18H,10-14H2,1H3/t17-,18-/m0/s1. The molecule has 1 nitrogen and oxygen atoms in total. The Hall–Kier alpha value is -1.51. The maximum Gasteiger partial charge on any atom is 0.0238 e. The van der Waals surface area contributed by atoms with Crippen molar-refractivity contribution < 1.29 is 0 Å². The molecule has 5 rings (SSSR count). The summed E-state index contributed by atoms with van der Waals surface area (Å²) in [5, 5.41) is 0. The summed E-state index contributed by atoms with van der Waals surface area (Å²) >= 11 is 1.99. The van der Waals surface area contributed by atoms with Crippen LogP contribution in [0.3, 0.4) is 0 Å². The molecule has 2 bridgehead atoms. The van der Waals surface area contributed by atoms with E-state index in [9.17, 15) is 0 Å². The summed E-state index contributed by atoms with van der Waals surface area (Å²) in [6, 6.07) is 19.6. The predicted octanol–water partition coefficient (Wildman–Crippen LogP) is 5.35. The van der Waals surface area contributed by atoms with Gasteiger partial charge in [-0.25, -0.2) is 0 Å². The number of hydrogen-bond donors (Lipinski definition) is 0. The largest absolute Gasteiger partial charge is 0.300 e. The molecule has 122 valence electrons. The van der Waals surface area contributed by atoms with Crippen LogP contribution in [0.4, 0.5) is 0 Å². The highest BCUT2D eigenvalue weighted by Crippen LogP contribution is 2.46. The van der Waals surface area contributed by atoms with Crippen LogP contribution in [0, 0.1) is 0 Å². The number of benzene rings is 2. The Morgan fingerprint density at radius 3 is 2.33 bits per heavy atom. The van der Waals surface area contributed by atoms with Gasteiger partial charge in [-0.1, -0.05) is 48.0 Å². The van der Waals surface area contributed by atoms with E-state index in [2.05, 4.69) is 60.5 Å². The molecule has 24 heavy (non-hydrogen) atoms. The zero-order valence-corrected chi connectivity index (χ0v) is 15.0. The van der Waals surface area contributed by atoms with E-state index in [0.29, 0.717) is 0 Å².